The van der Waals surface area contributed by atoms with E-state index in [0.29, 0.717) is 32.0 Å². The van der Waals surface area contributed by atoms with Crippen LogP contribution in [-0.2, 0) is 11.3 Å². The van der Waals surface area contributed by atoms with E-state index in [9.17, 15) is 9.59 Å². The third-order valence-electron chi connectivity index (χ3n) is 3.76. The van der Waals surface area contributed by atoms with Gasteiger partial charge in [0.2, 0.25) is 0 Å². The number of hydrogen-bond donors (Lipinski definition) is 1. The predicted octanol–water partition coefficient (Wildman–Crippen LogP) is 4.42. The van der Waals surface area contributed by atoms with Gasteiger partial charge in [0.15, 0.2) is 4.77 Å². The number of aromatic nitrogens is 2. The average molecular weight is 439 g/mol. The summed E-state index contributed by atoms with van der Waals surface area (Å²) in [5.41, 5.74) is 1.37. The summed E-state index contributed by atoms with van der Waals surface area (Å²) in [5, 5.41) is 0.483. The highest BCUT2D eigenvalue weighted by Crippen LogP contribution is 2.27. The van der Waals surface area contributed by atoms with Crippen LogP contribution in [0.5, 0.6) is 0 Å². The van der Waals surface area contributed by atoms with Crippen LogP contribution in [0.1, 0.15) is 27.7 Å². The molecule has 0 aliphatic carbocycles. The molecule has 0 unspecified atom stereocenters. The standard InChI is InChI=1S/C17H15BrN2O3S2/c1-3-23-16(22)13-9(2)12-14(25-13)19-17(24)20(15(12)21)8-10-5-4-6-11(18)7-10/h4-7H,3,8H2,1-2H3,(H,19,24). The average Bonchev–Trinajstić information content (AvgIpc) is 2.88. The summed E-state index contributed by atoms with van der Waals surface area (Å²) in [6, 6.07) is 7.70. The van der Waals surface area contributed by atoms with Gasteiger partial charge in [0, 0.05) is 4.47 Å². The lowest BCUT2D eigenvalue weighted by molar-refractivity contribution is 0.0531. The van der Waals surface area contributed by atoms with Crippen LogP contribution in [0.3, 0.4) is 0 Å². The first kappa shape index (κ1) is 18.0. The fourth-order valence-electron chi connectivity index (χ4n) is 2.60. The number of fused-ring (bicyclic) bond motifs is 1. The topological polar surface area (TPSA) is 64.1 Å². The molecule has 0 aliphatic rings. The zero-order valence-corrected chi connectivity index (χ0v) is 16.8. The number of carbonyl (C=O) groups excluding carboxylic acids is 1. The van der Waals surface area contributed by atoms with Crippen molar-refractivity contribution in [1.29, 1.82) is 0 Å². The molecule has 0 spiro atoms. The minimum Gasteiger partial charge on any atom is -0.462 e. The van der Waals surface area contributed by atoms with E-state index < -0.39 is 5.97 Å². The molecule has 5 nitrogen and oxygen atoms in total. The number of nitrogens with zero attached hydrogens (tertiary/aromatic N) is 1. The Morgan fingerprint density at radius 2 is 2.20 bits per heavy atom. The van der Waals surface area contributed by atoms with Gasteiger partial charge in [0.1, 0.15) is 9.71 Å². The molecular formula is C17H15BrN2O3S2. The summed E-state index contributed by atoms with van der Waals surface area (Å²) < 4.78 is 7.84. The number of carbonyl (C=O) groups is 1. The molecule has 0 radical (unpaired) electrons. The Morgan fingerprint density at radius 1 is 1.44 bits per heavy atom. The van der Waals surface area contributed by atoms with Crippen molar-refractivity contribution in [2.45, 2.75) is 20.4 Å². The molecule has 3 rings (SSSR count). The fraction of sp³-hybridized carbons (Fsp3) is 0.235. The van der Waals surface area contributed by atoms with Crippen LogP contribution in [0.25, 0.3) is 10.2 Å². The SMILES string of the molecule is CCOC(=O)c1sc2[nH]c(=S)n(Cc3cccc(Br)c3)c(=O)c2c1C. The Bertz CT molecular complexity index is 1080. The van der Waals surface area contributed by atoms with Gasteiger partial charge in [0.05, 0.1) is 18.5 Å². The van der Waals surface area contributed by atoms with Crippen LogP contribution in [0.4, 0.5) is 0 Å². The van der Waals surface area contributed by atoms with Crippen molar-refractivity contribution in [2.24, 2.45) is 0 Å². The highest BCUT2D eigenvalue weighted by Gasteiger charge is 2.20. The van der Waals surface area contributed by atoms with E-state index >= 15 is 0 Å². The second kappa shape index (κ2) is 7.23. The molecule has 0 saturated carbocycles. The fourth-order valence-corrected chi connectivity index (χ4v) is 4.46. The molecule has 25 heavy (non-hydrogen) atoms. The van der Waals surface area contributed by atoms with Gasteiger partial charge in [-0.15, -0.1) is 11.3 Å². The van der Waals surface area contributed by atoms with Gasteiger partial charge in [-0.05, 0) is 49.3 Å². The number of esters is 1. The quantitative estimate of drug-likeness (QED) is 0.483. The molecule has 0 amide bonds. The zero-order valence-electron chi connectivity index (χ0n) is 13.6. The van der Waals surface area contributed by atoms with E-state index in [2.05, 4.69) is 20.9 Å². The molecule has 0 fully saturated rings. The van der Waals surface area contributed by atoms with Gasteiger partial charge >= 0.3 is 5.97 Å². The summed E-state index contributed by atoms with van der Waals surface area (Å²) >= 11 is 9.98. The van der Waals surface area contributed by atoms with E-state index in [0.717, 1.165) is 10.0 Å². The Kier molecular flexibility index (Phi) is 5.21. The number of rotatable bonds is 4. The van der Waals surface area contributed by atoms with Gasteiger partial charge in [-0.25, -0.2) is 4.79 Å². The molecule has 130 valence electrons. The van der Waals surface area contributed by atoms with Crippen molar-refractivity contribution in [1.82, 2.24) is 9.55 Å². The van der Waals surface area contributed by atoms with Crippen LogP contribution in [0.2, 0.25) is 0 Å². The Labute approximate surface area is 161 Å². The second-order valence-corrected chi connectivity index (χ2v) is 7.76. The molecule has 0 atom stereocenters. The molecule has 0 bridgehead atoms. The Balaban J connectivity index is 2.15. The lowest BCUT2D eigenvalue weighted by atomic mass is 10.2. The van der Waals surface area contributed by atoms with Gasteiger partial charge < -0.3 is 9.72 Å². The third-order valence-corrected chi connectivity index (χ3v) is 5.76. The van der Waals surface area contributed by atoms with Crippen LogP contribution < -0.4 is 5.56 Å². The number of thiophene rings is 1. The van der Waals surface area contributed by atoms with Crippen LogP contribution in [0.15, 0.2) is 33.5 Å². The maximum Gasteiger partial charge on any atom is 0.348 e. The van der Waals surface area contributed by atoms with Crippen LogP contribution >= 0.6 is 39.5 Å². The van der Waals surface area contributed by atoms with Crippen molar-refractivity contribution >= 4 is 55.7 Å². The summed E-state index contributed by atoms with van der Waals surface area (Å²) in [5.74, 6) is -0.418. The maximum atomic E-state index is 13.0. The second-order valence-electron chi connectivity index (χ2n) is 5.43. The molecule has 0 saturated heterocycles. The predicted molar refractivity (Wildman–Crippen MR) is 105 cm³/mol. The summed E-state index contributed by atoms with van der Waals surface area (Å²) in [6.45, 7) is 4.15. The van der Waals surface area contributed by atoms with Crippen molar-refractivity contribution in [3.8, 4) is 0 Å². The molecule has 1 aromatic carbocycles. The number of hydrogen-bond acceptors (Lipinski definition) is 5. The molecule has 2 aromatic heterocycles. The smallest absolute Gasteiger partial charge is 0.348 e. The van der Waals surface area contributed by atoms with Crippen LogP contribution in [0, 0.1) is 11.7 Å². The third kappa shape index (κ3) is 3.47. The Morgan fingerprint density at radius 3 is 2.88 bits per heavy atom. The number of ether oxygens (including phenoxy) is 1. The first-order valence-corrected chi connectivity index (χ1v) is 9.62. The molecule has 3 aromatic rings. The van der Waals surface area contributed by atoms with Crippen LogP contribution in [-0.4, -0.2) is 22.1 Å². The van der Waals surface area contributed by atoms with Gasteiger partial charge in [0.25, 0.3) is 5.56 Å². The zero-order chi connectivity index (χ0) is 18.1. The normalized spacial score (nSPS) is 11.0. The monoisotopic (exact) mass is 438 g/mol. The van der Waals surface area contributed by atoms with E-state index in [4.69, 9.17) is 17.0 Å². The minimum absolute atomic E-state index is 0.206. The highest BCUT2D eigenvalue weighted by atomic mass is 79.9. The number of nitrogens with one attached hydrogen (secondary N) is 1. The number of halogens is 1. The van der Waals surface area contributed by atoms with E-state index in [1.807, 2.05) is 24.3 Å². The first-order valence-electron chi connectivity index (χ1n) is 7.60. The summed E-state index contributed by atoms with van der Waals surface area (Å²) in [6.07, 6.45) is 0. The number of aromatic amines is 1. The molecule has 0 aliphatic heterocycles. The molecular weight excluding hydrogens is 424 g/mol. The minimum atomic E-state index is -0.418. The van der Waals surface area contributed by atoms with Gasteiger partial charge in [-0.3, -0.25) is 9.36 Å². The van der Waals surface area contributed by atoms with E-state index in [1.165, 1.54) is 15.9 Å². The molecule has 8 heteroatoms. The highest BCUT2D eigenvalue weighted by molar-refractivity contribution is 9.10. The van der Waals surface area contributed by atoms with E-state index in [1.54, 1.807) is 13.8 Å². The van der Waals surface area contributed by atoms with Gasteiger partial charge in [-0.1, -0.05) is 28.1 Å². The summed E-state index contributed by atoms with van der Waals surface area (Å²) in [4.78, 5) is 29.1. The van der Waals surface area contributed by atoms with Crippen molar-refractivity contribution in [2.75, 3.05) is 6.61 Å². The van der Waals surface area contributed by atoms with Gasteiger partial charge in [-0.2, -0.15) is 0 Å². The number of H-pyrrole nitrogens is 1. The van der Waals surface area contributed by atoms with E-state index in [-0.39, 0.29) is 12.2 Å². The number of benzene rings is 1. The number of aryl methyl sites for hydroxylation is 1. The van der Waals surface area contributed by atoms with Crippen molar-refractivity contribution < 1.29 is 9.53 Å². The Hall–Kier alpha value is -1.77. The molecule has 2 heterocycles. The van der Waals surface area contributed by atoms with Crippen molar-refractivity contribution in [3.05, 3.63) is 59.9 Å². The maximum absolute atomic E-state index is 13.0. The first-order chi connectivity index (χ1) is 11.9. The molecule has 1 N–H and O–H groups in total. The summed E-state index contributed by atoms with van der Waals surface area (Å²) in [7, 11) is 0. The lowest BCUT2D eigenvalue weighted by Crippen LogP contribution is -2.22. The lowest BCUT2D eigenvalue weighted by Gasteiger charge is -2.07. The van der Waals surface area contributed by atoms with Crippen molar-refractivity contribution in [3.63, 3.8) is 0 Å². The largest absolute Gasteiger partial charge is 0.462 e.